The van der Waals surface area contributed by atoms with E-state index in [1.165, 1.54) is 0 Å². The van der Waals surface area contributed by atoms with E-state index in [9.17, 15) is 4.79 Å². The van der Waals surface area contributed by atoms with Crippen molar-refractivity contribution >= 4 is 11.8 Å². The van der Waals surface area contributed by atoms with E-state index in [1.54, 1.807) is 4.68 Å². The fourth-order valence-corrected chi connectivity index (χ4v) is 3.54. The van der Waals surface area contributed by atoms with Crippen molar-refractivity contribution in [2.75, 3.05) is 0 Å². The van der Waals surface area contributed by atoms with Crippen molar-refractivity contribution in [2.45, 2.75) is 6.92 Å². The summed E-state index contributed by atoms with van der Waals surface area (Å²) in [6.07, 6.45) is 1.94. The molecule has 0 saturated heterocycles. The number of benzene rings is 3. The van der Waals surface area contributed by atoms with Gasteiger partial charge in [-0.1, -0.05) is 42.5 Å². The first-order chi connectivity index (χ1) is 13.2. The highest BCUT2D eigenvalue weighted by molar-refractivity contribution is 5.79. The molecule has 5 rings (SSSR count). The molecule has 0 saturated carbocycles. The van der Waals surface area contributed by atoms with E-state index in [2.05, 4.69) is 22.2 Å². The van der Waals surface area contributed by atoms with Gasteiger partial charge in [0.05, 0.1) is 22.3 Å². The van der Waals surface area contributed by atoms with Crippen LogP contribution in [0.4, 0.5) is 5.69 Å². The highest BCUT2D eigenvalue weighted by atomic mass is 16.1. The second kappa shape index (κ2) is 5.95. The molecule has 0 atom stereocenters. The van der Waals surface area contributed by atoms with Gasteiger partial charge in [-0.05, 0) is 48.6 Å². The highest BCUT2D eigenvalue weighted by Gasteiger charge is 2.13. The Bertz CT molecular complexity index is 1340. The predicted molar refractivity (Wildman–Crippen MR) is 107 cm³/mol. The Hall–Kier alpha value is -3.66. The molecule has 1 aliphatic heterocycles. The van der Waals surface area contributed by atoms with Gasteiger partial charge >= 0.3 is 0 Å². The number of nitrogens with one attached hydrogen (secondary N) is 1. The normalized spacial score (nSPS) is 12.6. The number of nitrogens with zero attached hydrogens (tertiary/aromatic N) is 2. The first-order valence-electron chi connectivity index (χ1n) is 8.88. The molecule has 0 amide bonds. The topological polar surface area (TPSA) is 50.1 Å². The summed E-state index contributed by atoms with van der Waals surface area (Å²) in [5, 5.41) is 5.13. The summed E-state index contributed by atoms with van der Waals surface area (Å²) in [4.78, 5) is 17.6. The van der Waals surface area contributed by atoms with Crippen LogP contribution in [0.15, 0.2) is 82.6 Å². The second-order valence-corrected chi connectivity index (χ2v) is 6.68. The van der Waals surface area contributed by atoms with Crippen LogP contribution in [0.5, 0.6) is 0 Å². The summed E-state index contributed by atoms with van der Waals surface area (Å²) in [6.45, 7) is 1.92. The maximum atomic E-state index is 12.9. The number of hydrogen-bond acceptors (Lipinski definition) is 2. The first-order valence-corrected chi connectivity index (χ1v) is 8.88. The molecular weight excluding hydrogens is 334 g/mol. The molecule has 2 heterocycles. The van der Waals surface area contributed by atoms with Crippen LogP contribution in [-0.4, -0.2) is 9.78 Å². The lowest BCUT2D eigenvalue weighted by atomic mass is 10.0. The summed E-state index contributed by atoms with van der Waals surface area (Å²) in [7, 11) is 0. The van der Waals surface area contributed by atoms with Crippen molar-refractivity contribution in [1.29, 1.82) is 0 Å². The highest BCUT2D eigenvalue weighted by Crippen LogP contribution is 2.30. The third kappa shape index (κ3) is 2.54. The molecule has 3 aromatic carbocycles. The predicted octanol–water partition coefficient (Wildman–Crippen LogP) is 3.23. The van der Waals surface area contributed by atoms with Crippen LogP contribution < -0.4 is 16.1 Å². The summed E-state index contributed by atoms with van der Waals surface area (Å²) in [5.74, 6) is 0. The van der Waals surface area contributed by atoms with Gasteiger partial charge in [0, 0.05) is 16.8 Å². The average Bonchev–Trinajstić information content (AvgIpc) is 3.21. The van der Waals surface area contributed by atoms with Crippen LogP contribution in [0.3, 0.4) is 0 Å². The van der Waals surface area contributed by atoms with Crippen molar-refractivity contribution in [3.8, 4) is 16.8 Å². The summed E-state index contributed by atoms with van der Waals surface area (Å²) >= 11 is 0. The minimum absolute atomic E-state index is 0.0516. The zero-order chi connectivity index (χ0) is 18.4. The maximum absolute atomic E-state index is 12.9. The number of para-hydroxylation sites is 2. The lowest BCUT2D eigenvalue weighted by Crippen LogP contribution is -2.17. The van der Waals surface area contributed by atoms with Crippen LogP contribution in [0.2, 0.25) is 0 Å². The third-order valence-corrected chi connectivity index (χ3v) is 4.90. The molecule has 1 N–H and O–H groups in total. The maximum Gasteiger partial charge on any atom is 0.278 e. The Morgan fingerprint density at radius 3 is 2.56 bits per heavy atom. The largest absolute Gasteiger partial charge is 0.295 e. The van der Waals surface area contributed by atoms with Crippen molar-refractivity contribution < 1.29 is 0 Å². The summed E-state index contributed by atoms with van der Waals surface area (Å²) < 4.78 is 1.58. The van der Waals surface area contributed by atoms with E-state index in [0.717, 1.165) is 38.8 Å². The van der Waals surface area contributed by atoms with Crippen LogP contribution in [-0.2, 0) is 0 Å². The van der Waals surface area contributed by atoms with Crippen LogP contribution in [0.1, 0.15) is 11.3 Å². The molecule has 130 valence electrons. The number of aryl methyl sites for hydroxylation is 1. The fourth-order valence-electron chi connectivity index (χ4n) is 3.54. The van der Waals surface area contributed by atoms with Crippen molar-refractivity contribution in [3.63, 3.8) is 0 Å². The van der Waals surface area contributed by atoms with Gasteiger partial charge in [0.2, 0.25) is 0 Å². The Balaban J connectivity index is 1.66. The molecule has 0 spiro atoms. The molecule has 0 bridgehead atoms. The van der Waals surface area contributed by atoms with Crippen molar-refractivity contribution in [1.82, 2.24) is 9.78 Å². The van der Waals surface area contributed by atoms with Gasteiger partial charge in [0.15, 0.2) is 0 Å². The van der Waals surface area contributed by atoms with E-state index in [-0.39, 0.29) is 5.56 Å². The molecule has 4 nitrogen and oxygen atoms in total. The minimum Gasteiger partial charge on any atom is -0.295 e. The lowest BCUT2D eigenvalue weighted by Gasteiger charge is -1.99. The van der Waals surface area contributed by atoms with Crippen LogP contribution >= 0.6 is 0 Å². The van der Waals surface area contributed by atoms with Crippen LogP contribution in [0, 0.1) is 6.92 Å². The number of aromatic amines is 1. The molecule has 0 aliphatic carbocycles. The average molecular weight is 351 g/mol. The number of rotatable bonds is 2. The van der Waals surface area contributed by atoms with E-state index in [1.807, 2.05) is 73.7 Å². The fraction of sp³-hybridized carbons (Fsp3) is 0.0435. The quantitative estimate of drug-likeness (QED) is 0.522. The molecule has 0 unspecified atom stereocenters. The van der Waals surface area contributed by atoms with Gasteiger partial charge in [-0.3, -0.25) is 9.89 Å². The van der Waals surface area contributed by atoms with Crippen molar-refractivity contribution in [3.05, 3.63) is 105 Å². The van der Waals surface area contributed by atoms with Gasteiger partial charge in [0.25, 0.3) is 5.56 Å². The molecule has 1 aromatic heterocycles. The Labute approximate surface area is 155 Å². The van der Waals surface area contributed by atoms with E-state index in [4.69, 9.17) is 0 Å². The molecular formula is C23H17N3O. The molecule has 27 heavy (non-hydrogen) atoms. The summed E-state index contributed by atoms with van der Waals surface area (Å²) in [6, 6.07) is 23.8. The van der Waals surface area contributed by atoms with E-state index in [0.29, 0.717) is 5.56 Å². The minimum atomic E-state index is -0.0516. The monoisotopic (exact) mass is 351 g/mol. The first kappa shape index (κ1) is 15.6. The molecule has 0 fully saturated rings. The van der Waals surface area contributed by atoms with Gasteiger partial charge in [-0.2, -0.15) is 0 Å². The zero-order valence-corrected chi connectivity index (χ0v) is 14.8. The van der Waals surface area contributed by atoms with Crippen molar-refractivity contribution in [2.24, 2.45) is 4.99 Å². The SMILES string of the molecule is Cc1[nH]n(-c2ccccc2)c(=O)c1C=c1ccc2c(c1)-c1ccccc1N=2. The molecule has 0 radical (unpaired) electrons. The Morgan fingerprint density at radius 1 is 0.926 bits per heavy atom. The van der Waals surface area contributed by atoms with Gasteiger partial charge < -0.3 is 0 Å². The van der Waals surface area contributed by atoms with Gasteiger partial charge in [0.1, 0.15) is 0 Å². The Morgan fingerprint density at radius 2 is 1.70 bits per heavy atom. The Kier molecular flexibility index (Phi) is 3.44. The number of fused-ring (bicyclic) bond motifs is 3. The number of hydrogen-bond donors (Lipinski definition) is 1. The number of aromatic nitrogens is 2. The van der Waals surface area contributed by atoms with Crippen LogP contribution in [0.25, 0.3) is 22.9 Å². The third-order valence-electron chi connectivity index (χ3n) is 4.90. The smallest absolute Gasteiger partial charge is 0.278 e. The molecule has 4 heteroatoms. The zero-order valence-electron chi connectivity index (χ0n) is 14.8. The molecule has 1 aliphatic rings. The second-order valence-electron chi connectivity index (χ2n) is 6.68. The van der Waals surface area contributed by atoms with E-state index >= 15 is 0 Å². The van der Waals surface area contributed by atoms with Gasteiger partial charge in [-0.25, -0.2) is 9.67 Å². The lowest BCUT2D eigenvalue weighted by molar-refractivity contribution is 0.835. The number of H-pyrrole nitrogens is 1. The standard InChI is InChI=1S/C23H17N3O/c1-15-19(23(27)26(25-15)17-7-3-2-4-8-17)13-16-11-12-22-20(14-16)18-9-5-6-10-21(18)24-22/h2-14,25H,1H3. The van der Waals surface area contributed by atoms with Gasteiger partial charge in [-0.15, -0.1) is 0 Å². The summed E-state index contributed by atoms with van der Waals surface area (Å²) in [5.41, 5.74) is 5.52. The molecule has 4 aromatic rings. The van der Waals surface area contributed by atoms with E-state index < -0.39 is 0 Å².